The number of anilines is 2. The predicted octanol–water partition coefficient (Wildman–Crippen LogP) is 2.71. The van der Waals surface area contributed by atoms with Crippen LogP contribution in [0.2, 0.25) is 5.02 Å². The van der Waals surface area contributed by atoms with E-state index in [1.807, 2.05) is 13.1 Å². The quantitative estimate of drug-likeness (QED) is 0.871. The third kappa shape index (κ3) is 3.38. The Balaban J connectivity index is 2.20. The van der Waals surface area contributed by atoms with Crippen molar-refractivity contribution in [2.75, 3.05) is 23.9 Å². The van der Waals surface area contributed by atoms with E-state index in [0.29, 0.717) is 17.1 Å². The monoisotopic (exact) mass is 316 g/mol. The first kappa shape index (κ1) is 15.4. The summed E-state index contributed by atoms with van der Waals surface area (Å²) < 4.78 is 23.5. The van der Waals surface area contributed by atoms with Crippen LogP contribution < -0.4 is 10.6 Å². The summed E-state index contributed by atoms with van der Waals surface area (Å²) in [6.45, 7) is 0. The molecule has 2 N–H and O–H groups in total. The normalized spacial score (nSPS) is 23.6. The number of nitrogens with two attached hydrogens (primary N) is 1. The van der Waals surface area contributed by atoms with Crippen LogP contribution in [0.1, 0.15) is 25.7 Å². The highest BCUT2D eigenvalue weighted by Crippen LogP contribution is 2.33. The van der Waals surface area contributed by atoms with Gasteiger partial charge >= 0.3 is 0 Å². The average Bonchev–Trinajstić information content (AvgIpc) is 2.40. The summed E-state index contributed by atoms with van der Waals surface area (Å²) in [5, 5.41) is 0.389. The Morgan fingerprint density at radius 1 is 1.35 bits per heavy atom. The fourth-order valence-corrected chi connectivity index (χ4v) is 4.21. The molecule has 2 atom stereocenters. The standard InChI is InChI=1S/C14H21ClN2O2S/c1-17(14-8-10(15)6-7-13(14)16)11-4-3-5-12(9-11)20(2,18)19/h6-8,11-12H,3-5,9,16H2,1-2H3. The van der Waals surface area contributed by atoms with Crippen LogP contribution in [-0.2, 0) is 9.84 Å². The number of nitrogen functional groups attached to an aromatic ring is 1. The number of hydrogen-bond acceptors (Lipinski definition) is 4. The first-order valence-electron chi connectivity index (χ1n) is 6.75. The SMILES string of the molecule is CN(c1cc(Cl)ccc1N)C1CCCC(S(C)(=O)=O)C1. The fraction of sp³-hybridized carbons (Fsp3) is 0.571. The second-order valence-electron chi connectivity index (χ2n) is 5.59. The van der Waals surface area contributed by atoms with Gasteiger partial charge in [-0.3, -0.25) is 0 Å². The molecular formula is C14H21ClN2O2S. The molecule has 1 aliphatic carbocycles. The number of hydrogen-bond donors (Lipinski definition) is 1. The molecule has 0 radical (unpaired) electrons. The van der Waals surface area contributed by atoms with Crippen LogP contribution >= 0.6 is 11.6 Å². The van der Waals surface area contributed by atoms with E-state index in [9.17, 15) is 8.42 Å². The Bertz CT molecular complexity index is 589. The predicted molar refractivity (Wildman–Crippen MR) is 85.2 cm³/mol. The minimum Gasteiger partial charge on any atom is -0.397 e. The molecule has 112 valence electrons. The Morgan fingerprint density at radius 2 is 2.05 bits per heavy atom. The van der Waals surface area contributed by atoms with Gasteiger partial charge in [-0.15, -0.1) is 0 Å². The van der Waals surface area contributed by atoms with Gasteiger partial charge in [0.05, 0.1) is 16.6 Å². The summed E-state index contributed by atoms with van der Waals surface area (Å²) in [5.41, 5.74) is 7.54. The van der Waals surface area contributed by atoms with Crippen LogP contribution in [0.15, 0.2) is 18.2 Å². The van der Waals surface area contributed by atoms with E-state index >= 15 is 0 Å². The maximum absolute atomic E-state index is 11.7. The van der Waals surface area contributed by atoms with Gasteiger partial charge < -0.3 is 10.6 Å². The molecule has 1 aromatic carbocycles. The molecule has 4 nitrogen and oxygen atoms in total. The van der Waals surface area contributed by atoms with Crippen molar-refractivity contribution in [1.29, 1.82) is 0 Å². The molecule has 0 aliphatic heterocycles. The van der Waals surface area contributed by atoms with Gasteiger partial charge in [0.25, 0.3) is 0 Å². The molecule has 2 unspecified atom stereocenters. The van der Waals surface area contributed by atoms with E-state index in [2.05, 4.69) is 4.90 Å². The van der Waals surface area contributed by atoms with Crippen molar-refractivity contribution in [3.05, 3.63) is 23.2 Å². The molecular weight excluding hydrogens is 296 g/mol. The van der Waals surface area contributed by atoms with E-state index in [-0.39, 0.29) is 11.3 Å². The molecule has 1 aliphatic rings. The van der Waals surface area contributed by atoms with E-state index in [1.54, 1.807) is 12.1 Å². The smallest absolute Gasteiger partial charge is 0.150 e. The highest BCUT2D eigenvalue weighted by molar-refractivity contribution is 7.91. The number of sulfone groups is 1. The minimum atomic E-state index is -2.98. The maximum Gasteiger partial charge on any atom is 0.150 e. The van der Waals surface area contributed by atoms with Gasteiger partial charge in [0.1, 0.15) is 9.84 Å². The fourth-order valence-electron chi connectivity index (χ4n) is 2.88. The summed E-state index contributed by atoms with van der Waals surface area (Å²) in [6, 6.07) is 5.56. The molecule has 0 spiro atoms. The Kier molecular flexibility index (Phi) is 4.49. The van der Waals surface area contributed by atoms with E-state index in [1.165, 1.54) is 6.26 Å². The Hall–Kier alpha value is -0.940. The molecule has 20 heavy (non-hydrogen) atoms. The van der Waals surface area contributed by atoms with Crippen molar-refractivity contribution >= 4 is 32.8 Å². The van der Waals surface area contributed by atoms with Crippen molar-refractivity contribution < 1.29 is 8.42 Å². The largest absolute Gasteiger partial charge is 0.397 e. The molecule has 1 fully saturated rings. The van der Waals surface area contributed by atoms with Gasteiger partial charge in [0.2, 0.25) is 0 Å². The number of halogens is 1. The molecule has 0 saturated heterocycles. The van der Waals surface area contributed by atoms with Gasteiger partial charge in [-0.2, -0.15) is 0 Å². The summed E-state index contributed by atoms with van der Waals surface area (Å²) in [5.74, 6) is 0. The molecule has 0 bridgehead atoms. The topological polar surface area (TPSA) is 63.4 Å². The van der Waals surface area contributed by atoms with Gasteiger partial charge in [0, 0.05) is 24.4 Å². The third-order valence-corrected chi connectivity index (χ3v) is 6.00. The molecule has 6 heteroatoms. The number of rotatable bonds is 3. The molecule has 0 heterocycles. The van der Waals surface area contributed by atoms with Gasteiger partial charge in [-0.25, -0.2) is 8.42 Å². The van der Waals surface area contributed by atoms with Crippen molar-refractivity contribution in [2.24, 2.45) is 0 Å². The lowest BCUT2D eigenvalue weighted by Gasteiger charge is -2.36. The zero-order chi connectivity index (χ0) is 14.9. The number of benzene rings is 1. The zero-order valence-electron chi connectivity index (χ0n) is 11.8. The summed E-state index contributed by atoms with van der Waals surface area (Å²) in [6.07, 6.45) is 4.64. The van der Waals surface area contributed by atoms with Crippen molar-refractivity contribution in [3.8, 4) is 0 Å². The van der Waals surface area contributed by atoms with Crippen LogP contribution in [0, 0.1) is 0 Å². The van der Waals surface area contributed by atoms with Gasteiger partial charge in [0.15, 0.2) is 0 Å². The van der Waals surface area contributed by atoms with E-state index < -0.39 is 9.84 Å². The summed E-state index contributed by atoms with van der Waals surface area (Å²) >= 11 is 6.02. The number of nitrogens with zero attached hydrogens (tertiary/aromatic N) is 1. The molecule has 1 aromatic rings. The molecule has 1 saturated carbocycles. The lowest BCUT2D eigenvalue weighted by atomic mass is 9.93. The first-order chi connectivity index (χ1) is 9.29. The van der Waals surface area contributed by atoms with Crippen molar-refractivity contribution in [3.63, 3.8) is 0 Å². The molecule has 2 rings (SSSR count). The first-order valence-corrected chi connectivity index (χ1v) is 9.09. The maximum atomic E-state index is 11.7. The lowest BCUT2D eigenvalue weighted by molar-refractivity contribution is 0.422. The molecule has 0 amide bonds. The highest BCUT2D eigenvalue weighted by atomic mass is 35.5. The Labute approximate surface area is 125 Å². The summed E-state index contributed by atoms with van der Waals surface area (Å²) in [7, 11) is -1.02. The zero-order valence-corrected chi connectivity index (χ0v) is 13.4. The van der Waals surface area contributed by atoms with Crippen LogP contribution in [0.4, 0.5) is 11.4 Å². The van der Waals surface area contributed by atoms with E-state index in [4.69, 9.17) is 17.3 Å². The summed E-state index contributed by atoms with van der Waals surface area (Å²) in [4.78, 5) is 2.07. The van der Waals surface area contributed by atoms with E-state index in [0.717, 1.165) is 24.9 Å². The van der Waals surface area contributed by atoms with Crippen molar-refractivity contribution in [1.82, 2.24) is 0 Å². The highest BCUT2D eigenvalue weighted by Gasteiger charge is 2.31. The minimum absolute atomic E-state index is 0.184. The van der Waals surface area contributed by atoms with Crippen LogP contribution in [0.5, 0.6) is 0 Å². The van der Waals surface area contributed by atoms with Gasteiger partial charge in [-0.1, -0.05) is 18.0 Å². The van der Waals surface area contributed by atoms with Crippen LogP contribution in [-0.4, -0.2) is 33.0 Å². The van der Waals surface area contributed by atoms with Crippen LogP contribution in [0.3, 0.4) is 0 Å². The van der Waals surface area contributed by atoms with Crippen LogP contribution in [0.25, 0.3) is 0 Å². The second kappa shape index (κ2) is 5.82. The van der Waals surface area contributed by atoms with Crippen molar-refractivity contribution in [2.45, 2.75) is 37.0 Å². The second-order valence-corrected chi connectivity index (χ2v) is 8.35. The van der Waals surface area contributed by atoms with Gasteiger partial charge in [-0.05, 0) is 37.5 Å². The Morgan fingerprint density at radius 3 is 2.70 bits per heavy atom. The lowest BCUT2D eigenvalue weighted by Crippen LogP contribution is -2.40. The third-order valence-electron chi connectivity index (χ3n) is 4.12. The average molecular weight is 317 g/mol. The molecule has 0 aromatic heterocycles.